The van der Waals surface area contributed by atoms with Crippen molar-refractivity contribution in [2.75, 3.05) is 25.0 Å². The molecule has 0 radical (unpaired) electrons. The highest BCUT2D eigenvalue weighted by Crippen LogP contribution is 2.38. The number of rotatable bonds is 7. The number of hydrogen-bond donors (Lipinski definition) is 1. The molecule has 1 aromatic heterocycles. The van der Waals surface area contributed by atoms with E-state index in [1.54, 1.807) is 12.3 Å². The molecule has 1 aliphatic rings. The van der Waals surface area contributed by atoms with Crippen LogP contribution in [0.15, 0.2) is 12.3 Å². The van der Waals surface area contributed by atoms with Gasteiger partial charge in [0.25, 0.3) is 0 Å². The van der Waals surface area contributed by atoms with Crippen LogP contribution < -0.4 is 10.2 Å². The Labute approximate surface area is 121 Å². The predicted molar refractivity (Wildman–Crippen MR) is 81.3 cm³/mol. The molecule has 1 saturated carbocycles. The number of anilines is 1. The summed E-state index contributed by atoms with van der Waals surface area (Å²) in [6, 6.07) is 1.76. The van der Waals surface area contributed by atoms with Crippen molar-refractivity contribution in [3.05, 3.63) is 23.6 Å². The predicted octanol–water partition coefficient (Wildman–Crippen LogP) is 3.06. The van der Waals surface area contributed by atoms with Crippen LogP contribution in [0.1, 0.15) is 32.8 Å². The zero-order valence-corrected chi connectivity index (χ0v) is 13.0. The SMILES string of the molecule is CC(C)CNCc1ccnc(N(C)CC2CC2C)c1F. The summed E-state index contributed by atoms with van der Waals surface area (Å²) in [5.41, 5.74) is 0.700. The van der Waals surface area contributed by atoms with Gasteiger partial charge >= 0.3 is 0 Å². The van der Waals surface area contributed by atoms with Gasteiger partial charge in [-0.3, -0.25) is 0 Å². The highest BCUT2D eigenvalue weighted by atomic mass is 19.1. The zero-order valence-electron chi connectivity index (χ0n) is 13.0. The molecule has 0 spiro atoms. The van der Waals surface area contributed by atoms with E-state index in [1.165, 1.54) is 6.42 Å². The van der Waals surface area contributed by atoms with Crippen LogP contribution in [0.5, 0.6) is 0 Å². The van der Waals surface area contributed by atoms with E-state index in [0.717, 1.165) is 19.0 Å². The Morgan fingerprint density at radius 1 is 1.50 bits per heavy atom. The van der Waals surface area contributed by atoms with Crippen LogP contribution in [0.3, 0.4) is 0 Å². The van der Waals surface area contributed by atoms with Crippen LogP contribution in [-0.2, 0) is 6.54 Å². The topological polar surface area (TPSA) is 28.2 Å². The van der Waals surface area contributed by atoms with Crippen molar-refractivity contribution >= 4 is 5.82 Å². The fraction of sp³-hybridized carbons (Fsp3) is 0.688. The maximum atomic E-state index is 14.5. The fourth-order valence-electron chi connectivity index (χ4n) is 2.46. The second-order valence-corrected chi connectivity index (χ2v) is 6.49. The minimum absolute atomic E-state index is 0.181. The highest BCUT2D eigenvalue weighted by Gasteiger charge is 2.33. The molecule has 3 nitrogen and oxygen atoms in total. The third-order valence-electron chi connectivity index (χ3n) is 3.96. The third kappa shape index (κ3) is 3.92. The van der Waals surface area contributed by atoms with Crippen molar-refractivity contribution in [1.29, 1.82) is 0 Å². The summed E-state index contributed by atoms with van der Waals surface area (Å²) in [5.74, 6) is 2.34. The minimum atomic E-state index is -0.181. The summed E-state index contributed by atoms with van der Waals surface area (Å²) in [6.07, 6.45) is 2.96. The summed E-state index contributed by atoms with van der Waals surface area (Å²) in [5, 5.41) is 3.28. The van der Waals surface area contributed by atoms with E-state index in [2.05, 4.69) is 31.1 Å². The molecule has 112 valence electrons. The van der Waals surface area contributed by atoms with E-state index >= 15 is 0 Å². The maximum Gasteiger partial charge on any atom is 0.170 e. The lowest BCUT2D eigenvalue weighted by Gasteiger charge is -2.20. The Hall–Kier alpha value is -1.16. The van der Waals surface area contributed by atoms with Crippen LogP contribution in [0, 0.1) is 23.6 Å². The number of halogens is 1. The van der Waals surface area contributed by atoms with E-state index in [-0.39, 0.29) is 5.82 Å². The quantitative estimate of drug-likeness (QED) is 0.831. The largest absolute Gasteiger partial charge is 0.357 e. The molecule has 0 aromatic carbocycles. The van der Waals surface area contributed by atoms with E-state index in [0.29, 0.717) is 29.8 Å². The molecule has 0 saturated heterocycles. The highest BCUT2D eigenvalue weighted by molar-refractivity contribution is 5.42. The first-order valence-corrected chi connectivity index (χ1v) is 7.54. The molecule has 1 N–H and O–H groups in total. The Kier molecular flexibility index (Phi) is 4.97. The van der Waals surface area contributed by atoms with Gasteiger partial charge in [-0.1, -0.05) is 20.8 Å². The van der Waals surface area contributed by atoms with Crippen molar-refractivity contribution in [1.82, 2.24) is 10.3 Å². The number of nitrogens with zero attached hydrogens (tertiary/aromatic N) is 2. The summed E-state index contributed by atoms with van der Waals surface area (Å²) in [6.45, 7) is 8.89. The van der Waals surface area contributed by atoms with Gasteiger partial charge in [0.15, 0.2) is 11.6 Å². The molecule has 1 fully saturated rings. The van der Waals surface area contributed by atoms with Crippen molar-refractivity contribution < 1.29 is 4.39 Å². The Morgan fingerprint density at radius 2 is 2.20 bits per heavy atom. The Morgan fingerprint density at radius 3 is 2.80 bits per heavy atom. The van der Waals surface area contributed by atoms with E-state index < -0.39 is 0 Å². The van der Waals surface area contributed by atoms with Crippen molar-refractivity contribution in [2.45, 2.75) is 33.7 Å². The standard InChI is InChI=1S/C16H26FN3/c1-11(2)8-18-9-13-5-6-19-16(15(13)17)20(4)10-14-7-12(14)3/h5-6,11-12,14,18H,7-10H2,1-4H3. The zero-order chi connectivity index (χ0) is 14.7. The molecule has 2 rings (SSSR count). The van der Waals surface area contributed by atoms with Gasteiger partial charge in [0.2, 0.25) is 0 Å². The van der Waals surface area contributed by atoms with Gasteiger partial charge in [-0.05, 0) is 36.8 Å². The molecule has 0 aliphatic heterocycles. The molecule has 0 bridgehead atoms. The van der Waals surface area contributed by atoms with E-state index in [9.17, 15) is 4.39 Å². The van der Waals surface area contributed by atoms with Crippen LogP contribution in [0.25, 0.3) is 0 Å². The van der Waals surface area contributed by atoms with Crippen molar-refractivity contribution in [3.63, 3.8) is 0 Å². The lowest BCUT2D eigenvalue weighted by molar-refractivity contribution is 0.532. The molecule has 2 unspecified atom stereocenters. The normalized spacial score (nSPS) is 21.3. The van der Waals surface area contributed by atoms with Crippen molar-refractivity contribution in [3.8, 4) is 0 Å². The molecular formula is C16H26FN3. The lowest BCUT2D eigenvalue weighted by atomic mass is 10.2. The maximum absolute atomic E-state index is 14.5. The number of hydrogen-bond acceptors (Lipinski definition) is 3. The average molecular weight is 279 g/mol. The number of aromatic nitrogens is 1. The summed E-state index contributed by atoms with van der Waals surface area (Å²) in [4.78, 5) is 6.16. The second kappa shape index (κ2) is 6.53. The molecule has 4 heteroatoms. The average Bonchev–Trinajstić information content (AvgIpc) is 3.06. The van der Waals surface area contributed by atoms with Gasteiger partial charge in [0.1, 0.15) is 0 Å². The molecule has 1 aromatic rings. The van der Waals surface area contributed by atoms with Gasteiger partial charge in [-0.15, -0.1) is 0 Å². The first-order valence-electron chi connectivity index (χ1n) is 7.54. The second-order valence-electron chi connectivity index (χ2n) is 6.49. The molecule has 0 amide bonds. The van der Waals surface area contributed by atoms with Crippen LogP contribution in [0.2, 0.25) is 0 Å². The van der Waals surface area contributed by atoms with Crippen molar-refractivity contribution in [2.24, 2.45) is 17.8 Å². The number of nitrogens with one attached hydrogen (secondary N) is 1. The monoisotopic (exact) mass is 279 g/mol. The summed E-state index contributed by atoms with van der Waals surface area (Å²) >= 11 is 0. The van der Waals surface area contributed by atoms with Crippen LogP contribution >= 0.6 is 0 Å². The van der Waals surface area contributed by atoms with E-state index in [1.807, 2.05) is 11.9 Å². The van der Waals surface area contributed by atoms with Gasteiger partial charge in [-0.25, -0.2) is 9.37 Å². The van der Waals surface area contributed by atoms with Gasteiger partial charge in [0.05, 0.1) is 0 Å². The third-order valence-corrected chi connectivity index (χ3v) is 3.96. The van der Waals surface area contributed by atoms with E-state index in [4.69, 9.17) is 0 Å². The van der Waals surface area contributed by atoms with Crippen LogP contribution in [0.4, 0.5) is 10.2 Å². The lowest BCUT2D eigenvalue weighted by Crippen LogP contribution is -2.24. The Balaban J connectivity index is 1.98. The smallest absolute Gasteiger partial charge is 0.170 e. The van der Waals surface area contributed by atoms with Gasteiger partial charge < -0.3 is 10.2 Å². The minimum Gasteiger partial charge on any atom is -0.357 e. The van der Waals surface area contributed by atoms with Crippen LogP contribution in [-0.4, -0.2) is 25.1 Å². The van der Waals surface area contributed by atoms with Gasteiger partial charge in [0, 0.05) is 31.9 Å². The summed E-state index contributed by atoms with van der Waals surface area (Å²) in [7, 11) is 1.93. The number of pyridine rings is 1. The molecule has 20 heavy (non-hydrogen) atoms. The molecule has 1 heterocycles. The first kappa shape index (κ1) is 15.2. The molecule has 1 aliphatic carbocycles. The summed E-state index contributed by atoms with van der Waals surface area (Å²) < 4.78 is 14.5. The molecule has 2 atom stereocenters. The van der Waals surface area contributed by atoms with Gasteiger partial charge in [-0.2, -0.15) is 0 Å². The fourth-order valence-corrected chi connectivity index (χ4v) is 2.46. The first-order chi connectivity index (χ1) is 9.49. The Bertz CT molecular complexity index is 447. The molecular weight excluding hydrogens is 253 g/mol.